The monoisotopic (exact) mass is 179 g/mol. The van der Waals surface area contributed by atoms with Crippen molar-refractivity contribution < 1.29 is 9.84 Å². The van der Waals surface area contributed by atoms with Gasteiger partial charge in [0.25, 0.3) is 0 Å². The first-order valence-corrected chi connectivity index (χ1v) is 4.16. The predicted molar refractivity (Wildman–Crippen MR) is 50.5 cm³/mol. The zero-order chi connectivity index (χ0) is 9.52. The largest absolute Gasteiger partial charge is 0.488 e. The Bertz CT molecular complexity index is 267. The van der Waals surface area contributed by atoms with E-state index in [1.165, 1.54) is 0 Å². The van der Waals surface area contributed by atoms with Crippen LogP contribution in [0.25, 0.3) is 0 Å². The Morgan fingerprint density at radius 3 is 2.92 bits per heavy atom. The second-order valence-corrected chi connectivity index (χ2v) is 2.52. The summed E-state index contributed by atoms with van der Waals surface area (Å²) < 4.78 is 5.31. The fraction of sp³-hybridized carbons (Fsp3) is 0.300. The molecule has 1 aromatic rings. The number of ether oxygens (including phenoxy) is 1. The number of hydrogen-bond donors (Lipinski definition) is 1. The smallest absolute Gasteiger partial charge is 0.138 e. The number of aliphatic hydroxyl groups excluding tert-OH is 1. The van der Waals surface area contributed by atoms with Gasteiger partial charge in [0.1, 0.15) is 12.4 Å². The maximum Gasteiger partial charge on any atom is 0.138 e. The predicted octanol–water partition coefficient (Wildman–Crippen LogP) is 1.53. The van der Waals surface area contributed by atoms with Crippen LogP contribution in [0.3, 0.4) is 0 Å². The van der Waals surface area contributed by atoms with Crippen LogP contribution >= 0.6 is 0 Å². The normalized spacial score (nSPS) is 10.6. The Hall–Kier alpha value is -1.35. The van der Waals surface area contributed by atoms with E-state index in [-0.39, 0.29) is 6.61 Å². The summed E-state index contributed by atoms with van der Waals surface area (Å²) in [5.41, 5.74) is 0.651. The summed E-state index contributed by atoms with van der Waals surface area (Å²) in [4.78, 5) is 3.98. The lowest BCUT2D eigenvalue weighted by atomic mass is 10.3. The maximum atomic E-state index is 8.73. The van der Waals surface area contributed by atoms with Crippen molar-refractivity contribution in [3.63, 3.8) is 0 Å². The lowest BCUT2D eigenvalue weighted by Crippen LogP contribution is -1.95. The van der Waals surface area contributed by atoms with Crippen molar-refractivity contribution in [1.29, 1.82) is 0 Å². The molecular weight excluding hydrogens is 166 g/mol. The van der Waals surface area contributed by atoms with Crippen LogP contribution in [0.5, 0.6) is 5.75 Å². The molecule has 0 fully saturated rings. The molecule has 0 radical (unpaired) electrons. The van der Waals surface area contributed by atoms with Gasteiger partial charge in [0.2, 0.25) is 0 Å². The standard InChI is InChI=1S/C10H13NO2/c1-2-3-6-13-10-5-4-9(8-12)11-7-10/h2-5,7,12H,6,8H2,1H3. The van der Waals surface area contributed by atoms with Crippen LogP contribution in [-0.4, -0.2) is 16.7 Å². The van der Waals surface area contributed by atoms with E-state index < -0.39 is 0 Å². The van der Waals surface area contributed by atoms with Crippen LogP contribution < -0.4 is 4.74 Å². The fourth-order valence-electron chi connectivity index (χ4n) is 0.830. The molecule has 70 valence electrons. The second-order valence-electron chi connectivity index (χ2n) is 2.52. The molecule has 0 atom stereocenters. The molecule has 3 nitrogen and oxygen atoms in total. The first-order chi connectivity index (χ1) is 6.36. The van der Waals surface area contributed by atoms with Crippen LogP contribution in [0.4, 0.5) is 0 Å². The number of hydrogen-bond acceptors (Lipinski definition) is 3. The molecule has 0 aliphatic rings. The van der Waals surface area contributed by atoms with E-state index in [0.29, 0.717) is 12.3 Å². The van der Waals surface area contributed by atoms with Gasteiger partial charge in [-0.15, -0.1) is 0 Å². The highest BCUT2D eigenvalue weighted by molar-refractivity contribution is 5.19. The Morgan fingerprint density at radius 2 is 2.38 bits per heavy atom. The highest BCUT2D eigenvalue weighted by atomic mass is 16.5. The van der Waals surface area contributed by atoms with Gasteiger partial charge in [-0.05, 0) is 19.1 Å². The van der Waals surface area contributed by atoms with E-state index in [9.17, 15) is 0 Å². The molecule has 0 aliphatic carbocycles. The van der Waals surface area contributed by atoms with Gasteiger partial charge >= 0.3 is 0 Å². The third-order valence-electron chi connectivity index (χ3n) is 1.54. The van der Waals surface area contributed by atoms with Crippen molar-refractivity contribution in [3.8, 4) is 5.75 Å². The van der Waals surface area contributed by atoms with Crippen molar-refractivity contribution in [2.24, 2.45) is 0 Å². The fourth-order valence-corrected chi connectivity index (χ4v) is 0.830. The summed E-state index contributed by atoms with van der Waals surface area (Å²) in [6.45, 7) is 2.46. The van der Waals surface area contributed by atoms with Crippen LogP contribution in [0.15, 0.2) is 30.5 Å². The molecule has 1 N–H and O–H groups in total. The molecule has 0 unspecified atom stereocenters. The van der Waals surface area contributed by atoms with Gasteiger partial charge < -0.3 is 9.84 Å². The summed E-state index contributed by atoms with van der Waals surface area (Å²) in [7, 11) is 0. The second kappa shape index (κ2) is 5.32. The summed E-state index contributed by atoms with van der Waals surface area (Å²) >= 11 is 0. The first-order valence-electron chi connectivity index (χ1n) is 4.16. The van der Waals surface area contributed by atoms with Crippen LogP contribution in [0.2, 0.25) is 0 Å². The summed E-state index contributed by atoms with van der Waals surface area (Å²) in [5.74, 6) is 0.718. The average Bonchev–Trinajstić information content (AvgIpc) is 2.19. The minimum absolute atomic E-state index is 0.0326. The van der Waals surface area contributed by atoms with Crippen molar-refractivity contribution >= 4 is 0 Å². The molecule has 0 saturated heterocycles. The highest BCUT2D eigenvalue weighted by Crippen LogP contribution is 2.08. The minimum atomic E-state index is -0.0326. The van der Waals surface area contributed by atoms with E-state index in [1.807, 2.05) is 19.1 Å². The van der Waals surface area contributed by atoms with Gasteiger partial charge in [-0.3, -0.25) is 4.98 Å². The van der Waals surface area contributed by atoms with Gasteiger partial charge in [-0.1, -0.05) is 12.2 Å². The molecular formula is C10H13NO2. The van der Waals surface area contributed by atoms with E-state index in [2.05, 4.69) is 4.98 Å². The molecule has 1 rings (SSSR count). The highest BCUT2D eigenvalue weighted by Gasteiger charge is 1.93. The molecule has 0 saturated carbocycles. The zero-order valence-corrected chi connectivity index (χ0v) is 7.60. The van der Waals surface area contributed by atoms with Crippen LogP contribution in [0, 0.1) is 0 Å². The van der Waals surface area contributed by atoms with Gasteiger partial charge in [0.15, 0.2) is 0 Å². The van der Waals surface area contributed by atoms with Crippen molar-refractivity contribution in [1.82, 2.24) is 4.98 Å². The number of rotatable bonds is 4. The summed E-state index contributed by atoms with van der Waals surface area (Å²) in [6.07, 6.45) is 5.45. The van der Waals surface area contributed by atoms with E-state index in [1.54, 1.807) is 18.3 Å². The molecule has 0 aromatic carbocycles. The Balaban J connectivity index is 2.49. The molecule has 0 bridgehead atoms. The minimum Gasteiger partial charge on any atom is -0.488 e. The molecule has 1 aromatic heterocycles. The van der Waals surface area contributed by atoms with Crippen molar-refractivity contribution in [2.45, 2.75) is 13.5 Å². The lowest BCUT2D eigenvalue weighted by Gasteiger charge is -2.02. The lowest BCUT2D eigenvalue weighted by molar-refractivity contribution is 0.276. The van der Waals surface area contributed by atoms with Crippen molar-refractivity contribution in [3.05, 3.63) is 36.2 Å². The Morgan fingerprint density at radius 1 is 1.54 bits per heavy atom. The number of allylic oxidation sites excluding steroid dienone is 1. The Kier molecular flexibility index (Phi) is 3.99. The van der Waals surface area contributed by atoms with Crippen LogP contribution in [0.1, 0.15) is 12.6 Å². The molecule has 0 amide bonds. The number of aliphatic hydroxyl groups is 1. The third-order valence-corrected chi connectivity index (χ3v) is 1.54. The molecule has 0 spiro atoms. The van der Waals surface area contributed by atoms with Gasteiger partial charge in [-0.25, -0.2) is 0 Å². The third kappa shape index (κ3) is 3.25. The van der Waals surface area contributed by atoms with Crippen molar-refractivity contribution in [2.75, 3.05) is 6.61 Å². The van der Waals surface area contributed by atoms with Gasteiger partial charge in [0, 0.05) is 0 Å². The number of aromatic nitrogens is 1. The molecule has 3 heteroatoms. The topological polar surface area (TPSA) is 42.4 Å². The van der Waals surface area contributed by atoms with E-state index in [0.717, 1.165) is 5.75 Å². The van der Waals surface area contributed by atoms with Gasteiger partial charge in [0.05, 0.1) is 18.5 Å². The number of nitrogens with zero attached hydrogens (tertiary/aromatic N) is 1. The maximum absolute atomic E-state index is 8.73. The molecule has 13 heavy (non-hydrogen) atoms. The van der Waals surface area contributed by atoms with E-state index >= 15 is 0 Å². The average molecular weight is 179 g/mol. The van der Waals surface area contributed by atoms with E-state index in [4.69, 9.17) is 9.84 Å². The Labute approximate surface area is 77.7 Å². The molecule has 1 heterocycles. The van der Waals surface area contributed by atoms with Crippen LogP contribution in [-0.2, 0) is 6.61 Å². The number of pyridine rings is 1. The van der Waals surface area contributed by atoms with Gasteiger partial charge in [-0.2, -0.15) is 0 Å². The molecule has 0 aliphatic heterocycles. The SMILES string of the molecule is CC=CCOc1ccc(CO)nc1. The summed E-state index contributed by atoms with van der Waals surface area (Å²) in [6, 6.07) is 3.53. The summed E-state index contributed by atoms with van der Waals surface area (Å²) in [5, 5.41) is 8.73. The first kappa shape index (κ1) is 9.74. The quantitative estimate of drug-likeness (QED) is 0.713. The zero-order valence-electron chi connectivity index (χ0n) is 7.60.